The fraction of sp³-hybridized carbons (Fsp3) is 0.188. The summed E-state index contributed by atoms with van der Waals surface area (Å²) in [6.07, 6.45) is 2.44. The van der Waals surface area contributed by atoms with E-state index in [1.54, 1.807) is 24.4 Å². The van der Waals surface area contributed by atoms with E-state index in [-0.39, 0.29) is 16.7 Å². The minimum Gasteiger partial charge on any atom is -0.284 e. The molecule has 4 nitrogen and oxygen atoms in total. The Kier molecular flexibility index (Phi) is 4.60. The second-order valence-corrected chi connectivity index (χ2v) is 4.43. The Morgan fingerprint density at radius 3 is 2.45 bits per heavy atom. The van der Waals surface area contributed by atoms with Gasteiger partial charge in [0.15, 0.2) is 0 Å². The van der Waals surface area contributed by atoms with Crippen LogP contribution in [0.25, 0.3) is 0 Å². The molecule has 0 unspecified atom stereocenters. The lowest BCUT2D eigenvalue weighted by Gasteiger charge is -2.09. The minimum atomic E-state index is -0.384. The quantitative estimate of drug-likeness (QED) is 0.464. The van der Waals surface area contributed by atoms with E-state index in [0.29, 0.717) is 5.56 Å². The third kappa shape index (κ3) is 3.29. The van der Waals surface area contributed by atoms with Gasteiger partial charge in [-0.3, -0.25) is 15.1 Å². The SMILES string of the molecule is CC[C@@H](N=Cc1ccccc1[N+](=O)[O-])c1ccccc1. The topological polar surface area (TPSA) is 55.5 Å². The van der Waals surface area contributed by atoms with Crippen molar-refractivity contribution in [3.63, 3.8) is 0 Å². The zero-order valence-corrected chi connectivity index (χ0v) is 11.3. The summed E-state index contributed by atoms with van der Waals surface area (Å²) in [6, 6.07) is 16.6. The van der Waals surface area contributed by atoms with Crippen LogP contribution in [0.1, 0.15) is 30.5 Å². The van der Waals surface area contributed by atoms with Gasteiger partial charge in [0.1, 0.15) is 0 Å². The molecule has 0 bridgehead atoms. The maximum Gasteiger partial charge on any atom is 0.278 e. The number of benzene rings is 2. The normalized spacial score (nSPS) is 12.4. The van der Waals surface area contributed by atoms with Crippen molar-refractivity contribution < 1.29 is 4.92 Å². The maximum atomic E-state index is 10.9. The van der Waals surface area contributed by atoms with E-state index in [1.807, 2.05) is 30.3 Å². The number of nitrogens with zero attached hydrogens (tertiary/aromatic N) is 2. The first kappa shape index (κ1) is 13.9. The zero-order valence-electron chi connectivity index (χ0n) is 11.3. The Morgan fingerprint density at radius 1 is 1.15 bits per heavy atom. The van der Waals surface area contributed by atoms with Crippen molar-refractivity contribution in [3.8, 4) is 0 Å². The predicted molar refractivity (Wildman–Crippen MR) is 80.2 cm³/mol. The lowest BCUT2D eigenvalue weighted by molar-refractivity contribution is -0.385. The molecule has 1 atom stereocenters. The lowest BCUT2D eigenvalue weighted by atomic mass is 10.1. The van der Waals surface area contributed by atoms with Crippen LogP contribution in [0.3, 0.4) is 0 Å². The van der Waals surface area contributed by atoms with E-state index in [4.69, 9.17) is 0 Å². The van der Waals surface area contributed by atoms with Crippen LogP contribution in [0.4, 0.5) is 5.69 Å². The zero-order chi connectivity index (χ0) is 14.4. The number of hydrogen-bond acceptors (Lipinski definition) is 3. The van der Waals surface area contributed by atoms with Crippen molar-refractivity contribution in [2.45, 2.75) is 19.4 Å². The molecule has 2 aromatic rings. The van der Waals surface area contributed by atoms with Gasteiger partial charge in [-0.2, -0.15) is 0 Å². The molecule has 0 amide bonds. The monoisotopic (exact) mass is 268 g/mol. The first-order valence-corrected chi connectivity index (χ1v) is 6.54. The van der Waals surface area contributed by atoms with Gasteiger partial charge >= 0.3 is 0 Å². The van der Waals surface area contributed by atoms with E-state index < -0.39 is 0 Å². The largest absolute Gasteiger partial charge is 0.284 e. The molecule has 0 aliphatic rings. The van der Waals surface area contributed by atoms with Crippen molar-refractivity contribution in [3.05, 3.63) is 75.8 Å². The molecule has 0 N–H and O–H groups in total. The molecule has 0 radical (unpaired) electrons. The highest BCUT2D eigenvalue weighted by atomic mass is 16.6. The smallest absolute Gasteiger partial charge is 0.278 e. The fourth-order valence-electron chi connectivity index (χ4n) is 2.04. The molecule has 0 aromatic heterocycles. The van der Waals surface area contributed by atoms with Gasteiger partial charge < -0.3 is 0 Å². The van der Waals surface area contributed by atoms with Gasteiger partial charge in [0.05, 0.1) is 16.5 Å². The molecule has 2 aromatic carbocycles. The van der Waals surface area contributed by atoms with Gasteiger partial charge in [-0.15, -0.1) is 0 Å². The van der Waals surface area contributed by atoms with Crippen molar-refractivity contribution in [1.82, 2.24) is 0 Å². The van der Waals surface area contributed by atoms with Crippen LogP contribution in [0.15, 0.2) is 59.6 Å². The average Bonchev–Trinajstić information content (AvgIpc) is 2.49. The minimum absolute atomic E-state index is 0.0241. The molecule has 0 saturated heterocycles. The molecule has 0 aliphatic carbocycles. The van der Waals surface area contributed by atoms with Gasteiger partial charge in [0, 0.05) is 12.3 Å². The van der Waals surface area contributed by atoms with E-state index in [9.17, 15) is 10.1 Å². The number of aliphatic imine (C=N–C) groups is 1. The Balaban J connectivity index is 2.26. The average molecular weight is 268 g/mol. The Morgan fingerprint density at radius 2 is 1.80 bits per heavy atom. The number of rotatable bonds is 5. The first-order chi connectivity index (χ1) is 9.72. The Bertz CT molecular complexity index is 609. The van der Waals surface area contributed by atoms with Crippen molar-refractivity contribution in [2.24, 2.45) is 4.99 Å². The molecule has 0 spiro atoms. The van der Waals surface area contributed by atoms with Gasteiger partial charge in [-0.05, 0) is 18.1 Å². The summed E-state index contributed by atoms with van der Waals surface area (Å²) in [5, 5.41) is 10.9. The van der Waals surface area contributed by atoms with Crippen molar-refractivity contribution >= 4 is 11.9 Å². The highest BCUT2D eigenvalue weighted by Gasteiger charge is 2.11. The van der Waals surface area contributed by atoms with E-state index >= 15 is 0 Å². The number of hydrogen-bond donors (Lipinski definition) is 0. The van der Waals surface area contributed by atoms with Gasteiger partial charge in [0.2, 0.25) is 0 Å². The highest BCUT2D eigenvalue weighted by molar-refractivity contribution is 5.85. The van der Waals surface area contributed by atoms with Crippen LogP contribution in [-0.2, 0) is 0 Å². The fourth-order valence-corrected chi connectivity index (χ4v) is 2.04. The second kappa shape index (κ2) is 6.61. The molecule has 0 aliphatic heterocycles. The maximum absolute atomic E-state index is 10.9. The standard InChI is InChI=1S/C16H16N2O2/c1-2-15(13-8-4-3-5-9-13)17-12-14-10-6-7-11-16(14)18(19)20/h3-12,15H,2H2,1H3/t15-/m1/s1. The summed E-state index contributed by atoms with van der Waals surface area (Å²) < 4.78 is 0. The van der Waals surface area contributed by atoms with E-state index in [0.717, 1.165) is 12.0 Å². The third-order valence-electron chi connectivity index (χ3n) is 3.10. The van der Waals surface area contributed by atoms with E-state index in [2.05, 4.69) is 11.9 Å². The molecular weight excluding hydrogens is 252 g/mol. The molecule has 102 valence electrons. The summed E-state index contributed by atoms with van der Waals surface area (Å²) in [5.41, 5.74) is 1.73. The van der Waals surface area contributed by atoms with Crippen LogP contribution in [0, 0.1) is 10.1 Å². The van der Waals surface area contributed by atoms with Gasteiger partial charge in [-0.25, -0.2) is 0 Å². The molecule has 0 saturated carbocycles. The molecule has 2 rings (SSSR count). The summed E-state index contributed by atoms with van der Waals surface area (Å²) in [6.45, 7) is 2.05. The lowest BCUT2D eigenvalue weighted by Crippen LogP contribution is -1.97. The second-order valence-electron chi connectivity index (χ2n) is 4.43. The molecule has 20 heavy (non-hydrogen) atoms. The number of para-hydroxylation sites is 1. The molecule has 4 heteroatoms. The number of nitro benzene ring substituents is 1. The highest BCUT2D eigenvalue weighted by Crippen LogP contribution is 2.22. The number of nitro groups is 1. The van der Waals surface area contributed by atoms with Gasteiger partial charge in [-0.1, -0.05) is 49.4 Å². The van der Waals surface area contributed by atoms with Crippen LogP contribution in [-0.4, -0.2) is 11.1 Å². The van der Waals surface area contributed by atoms with Crippen LogP contribution in [0.2, 0.25) is 0 Å². The van der Waals surface area contributed by atoms with Crippen molar-refractivity contribution in [1.29, 1.82) is 0 Å². The summed E-state index contributed by atoms with van der Waals surface area (Å²) >= 11 is 0. The van der Waals surface area contributed by atoms with E-state index in [1.165, 1.54) is 6.07 Å². The van der Waals surface area contributed by atoms with Gasteiger partial charge in [0.25, 0.3) is 5.69 Å². The van der Waals surface area contributed by atoms with Crippen molar-refractivity contribution in [2.75, 3.05) is 0 Å². The predicted octanol–water partition coefficient (Wildman–Crippen LogP) is 4.17. The van der Waals surface area contributed by atoms with Crippen LogP contribution < -0.4 is 0 Å². The van der Waals surface area contributed by atoms with Crippen LogP contribution in [0.5, 0.6) is 0 Å². The van der Waals surface area contributed by atoms with Crippen LogP contribution >= 0.6 is 0 Å². The summed E-state index contributed by atoms with van der Waals surface area (Å²) in [7, 11) is 0. The Labute approximate surface area is 117 Å². The summed E-state index contributed by atoms with van der Waals surface area (Å²) in [5.74, 6) is 0. The first-order valence-electron chi connectivity index (χ1n) is 6.54. The third-order valence-corrected chi connectivity index (χ3v) is 3.10. The Hall–Kier alpha value is -2.49. The molecular formula is C16H16N2O2. The summed E-state index contributed by atoms with van der Waals surface area (Å²) in [4.78, 5) is 15.1. The molecule has 0 fully saturated rings. The molecule has 0 heterocycles.